The number of nitrogens with zero attached hydrogens (tertiary/aromatic N) is 2. The molecule has 2 nitrogen and oxygen atoms in total. The maximum absolute atomic E-state index is 5.97. The van der Waals surface area contributed by atoms with Crippen LogP contribution in [-0.4, -0.2) is 41.3 Å². The van der Waals surface area contributed by atoms with Crippen LogP contribution in [0.25, 0.3) is 0 Å². The van der Waals surface area contributed by atoms with Crippen molar-refractivity contribution in [2.75, 3.05) is 21.1 Å². The van der Waals surface area contributed by atoms with Crippen molar-refractivity contribution in [2.24, 2.45) is 0 Å². The normalized spacial score (nSPS) is 19.3. The average Bonchev–Trinajstić information content (AvgIpc) is 2.73. The molecule has 0 heterocycles. The van der Waals surface area contributed by atoms with Crippen molar-refractivity contribution in [3.05, 3.63) is 70.2 Å². The van der Waals surface area contributed by atoms with E-state index in [-0.39, 0.29) is 0 Å². The Morgan fingerprint density at radius 3 is 2.10 bits per heavy atom. The van der Waals surface area contributed by atoms with Crippen molar-refractivity contribution in [2.45, 2.75) is 49.9 Å². The van der Waals surface area contributed by atoms with Gasteiger partial charge in [0.1, 0.15) is 4.32 Å². The number of hydrogen-bond acceptors (Lipinski definition) is 3. The van der Waals surface area contributed by atoms with Crippen LogP contribution in [0.1, 0.15) is 48.3 Å². The van der Waals surface area contributed by atoms with Crippen LogP contribution in [0.4, 0.5) is 0 Å². The summed E-state index contributed by atoms with van der Waals surface area (Å²) in [7, 11) is 6.39. The smallest absolute Gasteiger partial charge is 0.136 e. The van der Waals surface area contributed by atoms with Crippen molar-refractivity contribution in [3.63, 3.8) is 0 Å². The van der Waals surface area contributed by atoms with Crippen molar-refractivity contribution in [1.82, 2.24) is 9.80 Å². The Balaban J connectivity index is 1.46. The van der Waals surface area contributed by atoms with E-state index < -0.39 is 0 Å². The first-order chi connectivity index (χ1) is 13.9. The SMILES string of the molecule is CN(C)Cc1ccc([C@H]2CC[C@H](N(C)C(=S)SCc3ccc(Cl)cc3)CC2)cc1. The molecule has 0 saturated heterocycles. The number of rotatable bonds is 6. The Hall–Kier alpha value is -1.07. The predicted molar refractivity (Wildman–Crippen MR) is 132 cm³/mol. The Kier molecular flexibility index (Phi) is 8.43. The van der Waals surface area contributed by atoms with Crippen LogP contribution in [0.3, 0.4) is 0 Å². The van der Waals surface area contributed by atoms with Crippen molar-refractivity contribution < 1.29 is 0 Å². The molecule has 0 bridgehead atoms. The Bertz CT molecular complexity index is 782. The second-order valence-electron chi connectivity index (χ2n) is 8.28. The first-order valence-electron chi connectivity index (χ1n) is 10.3. The fraction of sp³-hybridized carbons (Fsp3) is 0.458. The third-order valence-electron chi connectivity index (χ3n) is 5.76. The molecule has 0 radical (unpaired) electrons. The molecule has 0 spiro atoms. The molecule has 0 amide bonds. The van der Waals surface area contributed by atoms with E-state index in [4.69, 9.17) is 23.8 Å². The van der Waals surface area contributed by atoms with Gasteiger partial charge in [0.2, 0.25) is 0 Å². The largest absolute Gasteiger partial charge is 0.358 e. The third-order valence-corrected chi connectivity index (χ3v) is 7.66. The first kappa shape index (κ1) is 22.6. The van der Waals surface area contributed by atoms with Gasteiger partial charge in [0, 0.05) is 30.4 Å². The highest BCUT2D eigenvalue weighted by Gasteiger charge is 2.26. The summed E-state index contributed by atoms with van der Waals surface area (Å²) in [6, 6.07) is 17.8. The van der Waals surface area contributed by atoms with Crippen LogP contribution in [0.15, 0.2) is 48.5 Å². The van der Waals surface area contributed by atoms with Gasteiger partial charge in [0.25, 0.3) is 0 Å². The van der Waals surface area contributed by atoms with E-state index in [1.807, 2.05) is 12.1 Å². The first-order valence-corrected chi connectivity index (χ1v) is 12.1. The molecule has 5 heteroatoms. The number of hydrogen-bond donors (Lipinski definition) is 0. The summed E-state index contributed by atoms with van der Waals surface area (Å²) < 4.78 is 0.997. The molecule has 156 valence electrons. The molecule has 2 aromatic carbocycles. The highest BCUT2D eigenvalue weighted by atomic mass is 35.5. The fourth-order valence-corrected chi connectivity index (χ4v) is 5.32. The molecule has 0 aliphatic heterocycles. The maximum atomic E-state index is 5.97. The van der Waals surface area contributed by atoms with Crippen molar-refractivity contribution >= 4 is 39.9 Å². The van der Waals surface area contributed by atoms with Gasteiger partial charge in [0.15, 0.2) is 0 Å². The van der Waals surface area contributed by atoms with E-state index in [1.165, 1.54) is 42.4 Å². The van der Waals surface area contributed by atoms with Gasteiger partial charge in [-0.1, -0.05) is 72.0 Å². The topological polar surface area (TPSA) is 6.48 Å². The zero-order valence-corrected chi connectivity index (χ0v) is 20.0. The van der Waals surface area contributed by atoms with E-state index in [0.717, 1.165) is 21.6 Å². The quantitative estimate of drug-likeness (QED) is 0.462. The summed E-state index contributed by atoms with van der Waals surface area (Å²) >= 11 is 13.4. The van der Waals surface area contributed by atoms with Crippen LogP contribution in [-0.2, 0) is 12.3 Å². The van der Waals surface area contributed by atoms with E-state index in [0.29, 0.717) is 12.0 Å². The van der Waals surface area contributed by atoms with Gasteiger partial charge in [-0.15, -0.1) is 0 Å². The minimum absolute atomic E-state index is 0.560. The van der Waals surface area contributed by atoms with E-state index in [2.05, 4.69) is 67.3 Å². The zero-order valence-electron chi connectivity index (χ0n) is 17.6. The molecule has 1 fully saturated rings. The molecule has 1 aliphatic carbocycles. The Labute approximate surface area is 190 Å². The van der Waals surface area contributed by atoms with Gasteiger partial charge in [0.05, 0.1) is 0 Å². The van der Waals surface area contributed by atoms with Gasteiger partial charge in [-0.05, 0) is 74.5 Å². The lowest BCUT2D eigenvalue weighted by Gasteiger charge is -2.36. The van der Waals surface area contributed by atoms with Crippen LogP contribution < -0.4 is 0 Å². The molecule has 0 atom stereocenters. The molecular formula is C24H31ClN2S2. The summed E-state index contributed by atoms with van der Waals surface area (Å²) in [5, 5.41) is 0.780. The molecule has 3 rings (SSSR count). The molecule has 1 aliphatic rings. The van der Waals surface area contributed by atoms with Gasteiger partial charge >= 0.3 is 0 Å². The van der Waals surface area contributed by atoms with Gasteiger partial charge in [-0.2, -0.15) is 0 Å². The van der Waals surface area contributed by atoms with Gasteiger partial charge in [-0.3, -0.25) is 0 Å². The van der Waals surface area contributed by atoms with Crippen LogP contribution in [0.5, 0.6) is 0 Å². The van der Waals surface area contributed by atoms with Crippen LogP contribution >= 0.6 is 35.6 Å². The van der Waals surface area contributed by atoms with Gasteiger partial charge < -0.3 is 9.80 Å². The monoisotopic (exact) mass is 446 g/mol. The second-order valence-corrected chi connectivity index (χ2v) is 10.3. The third kappa shape index (κ3) is 6.71. The molecule has 0 N–H and O–H groups in total. The molecule has 1 saturated carbocycles. The second kappa shape index (κ2) is 10.8. The number of thiocarbonyl (C=S) groups is 1. The lowest BCUT2D eigenvalue weighted by atomic mass is 9.81. The highest BCUT2D eigenvalue weighted by Crippen LogP contribution is 2.35. The molecule has 0 unspecified atom stereocenters. The van der Waals surface area contributed by atoms with Crippen molar-refractivity contribution in [3.8, 4) is 0 Å². The summed E-state index contributed by atoms with van der Waals surface area (Å²) in [5.74, 6) is 1.58. The lowest BCUT2D eigenvalue weighted by molar-refractivity contribution is 0.267. The van der Waals surface area contributed by atoms with Crippen LogP contribution in [0.2, 0.25) is 5.02 Å². The number of halogens is 1. The molecular weight excluding hydrogens is 416 g/mol. The van der Waals surface area contributed by atoms with E-state index in [1.54, 1.807) is 11.8 Å². The average molecular weight is 447 g/mol. The van der Waals surface area contributed by atoms with Gasteiger partial charge in [-0.25, -0.2) is 0 Å². The van der Waals surface area contributed by atoms with E-state index >= 15 is 0 Å². The highest BCUT2D eigenvalue weighted by molar-refractivity contribution is 8.22. The minimum Gasteiger partial charge on any atom is -0.358 e. The lowest BCUT2D eigenvalue weighted by Crippen LogP contribution is -2.37. The minimum atomic E-state index is 0.560. The standard InChI is InChI=1S/C24H31ClN2S2/c1-26(2)16-18-4-8-20(9-5-18)21-10-14-23(15-11-21)27(3)24(28)29-17-19-6-12-22(25)13-7-19/h4-9,12-13,21,23H,10-11,14-17H2,1-3H3/t21-,23-. The molecule has 0 aromatic heterocycles. The van der Waals surface area contributed by atoms with Crippen LogP contribution in [0, 0.1) is 0 Å². The summed E-state index contributed by atoms with van der Waals surface area (Å²) in [6.45, 7) is 1.00. The Morgan fingerprint density at radius 2 is 1.52 bits per heavy atom. The summed E-state index contributed by atoms with van der Waals surface area (Å²) in [4.78, 5) is 4.54. The van der Waals surface area contributed by atoms with Crippen molar-refractivity contribution in [1.29, 1.82) is 0 Å². The number of thioether (sulfide) groups is 1. The molecule has 2 aromatic rings. The predicted octanol–water partition coefficient (Wildman–Crippen LogP) is 6.58. The summed E-state index contributed by atoms with van der Waals surface area (Å²) in [5.41, 5.74) is 4.14. The zero-order chi connectivity index (χ0) is 20.8. The Morgan fingerprint density at radius 1 is 0.931 bits per heavy atom. The fourth-order valence-electron chi connectivity index (χ4n) is 4.03. The summed E-state index contributed by atoms with van der Waals surface area (Å²) in [6.07, 6.45) is 4.91. The number of benzene rings is 2. The maximum Gasteiger partial charge on any atom is 0.136 e. The molecule has 29 heavy (non-hydrogen) atoms. The van der Waals surface area contributed by atoms with E-state index in [9.17, 15) is 0 Å².